The minimum atomic E-state index is -4.31. The van der Waals surface area contributed by atoms with E-state index in [9.17, 15) is 13.2 Å². The van der Waals surface area contributed by atoms with Crippen molar-refractivity contribution in [1.29, 1.82) is 0 Å². The number of halogens is 3. The lowest BCUT2D eigenvalue weighted by Gasteiger charge is -2.23. The molecular formula is C10H14F3N3. The molecule has 6 heteroatoms. The first kappa shape index (κ1) is 11.4. The summed E-state index contributed by atoms with van der Waals surface area (Å²) in [5, 5.41) is 6.93. The predicted octanol–water partition coefficient (Wildman–Crippen LogP) is 1.90. The van der Waals surface area contributed by atoms with Gasteiger partial charge in [0.1, 0.15) is 5.69 Å². The Morgan fingerprint density at radius 3 is 2.94 bits per heavy atom. The number of alkyl halides is 3. The minimum Gasteiger partial charge on any atom is -0.316 e. The van der Waals surface area contributed by atoms with Crippen molar-refractivity contribution in [3.8, 4) is 0 Å². The number of hydrogen-bond donors (Lipinski definition) is 1. The van der Waals surface area contributed by atoms with Gasteiger partial charge in [0.2, 0.25) is 0 Å². The molecule has 1 atom stereocenters. The summed E-state index contributed by atoms with van der Waals surface area (Å²) in [6.07, 6.45) is -1.12. The molecule has 0 aromatic carbocycles. The van der Waals surface area contributed by atoms with Gasteiger partial charge in [0.05, 0.1) is 0 Å². The Balaban J connectivity index is 2.06. The van der Waals surface area contributed by atoms with Crippen LogP contribution in [0.5, 0.6) is 0 Å². The molecule has 0 aliphatic carbocycles. The molecule has 1 saturated heterocycles. The quantitative estimate of drug-likeness (QED) is 0.845. The normalized spacial score (nSPS) is 22.3. The highest BCUT2D eigenvalue weighted by molar-refractivity contribution is 5.05. The molecule has 0 spiro atoms. The van der Waals surface area contributed by atoms with E-state index in [0.717, 1.165) is 36.7 Å². The van der Waals surface area contributed by atoms with Crippen molar-refractivity contribution in [1.82, 2.24) is 15.1 Å². The van der Waals surface area contributed by atoms with Gasteiger partial charge in [0.25, 0.3) is 0 Å². The number of aromatic nitrogens is 2. The first-order valence-electron chi connectivity index (χ1n) is 5.37. The summed E-state index contributed by atoms with van der Waals surface area (Å²) in [5.74, 6) is 0.245. The topological polar surface area (TPSA) is 29.9 Å². The van der Waals surface area contributed by atoms with Crippen LogP contribution in [-0.4, -0.2) is 22.9 Å². The Morgan fingerprint density at radius 1 is 1.50 bits per heavy atom. The molecule has 0 radical (unpaired) electrons. The van der Waals surface area contributed by atoms with Gasteiger partial charge in [0.15, 0.2) is 0 Å². The van der Waals surface area contributed by atoms with E-state index in [1.54, 1.807) is 0 Å². The van der Waals surface area contributed by atoms with Crippen LogP contribution in [0.3, 0.4) is 0 Å². The molecule has 90 valence electrons. The summed E-state index contributed by atoms with van der Waals surface area (Å²) >= 11 is 0. The maximum absolute atomic E-state index is 12.6. The van der Waals surface area contributed by atoms with Crippen LogP contribution in [-0.2, 0) is 12.7 Å². The van der Waals surface area contributed by atoms with Crippen molar-refractivity contribution < 1.29 is 13.2 Å². The molecule has 1 aromatic heterocycles. The minimum absolute atomic E-state index is 0.245. The van der Waals surface area contributed by atoms with Crippen molar-refractivity contribution in [2.45, 2.75) is 25.6 Å². The fraction of sp³-hybridized carbons (Fsp3) is 0.700. The molecule has 1 aliphatic heterocycles. The second kappa shape index (κ2) is 4.45. The number of nitrogens with zero attached hydrogens (tertiary/aromatic N) is 2. The first-order valence-corrected chi connectivity index (χ1v) is 5.37. The van der Waals surface area contributed by atoms with Crippen LogP contribution in [0.15, 0.2) is 12.3 Å². The average Bonchev–Trinajstić information content (AvgIpc) is 2.67. The van der Waals surface area contributed by atoms with Crippen LogP contribution in [0.1, 0.15) is 18.5 Å². The van der Waals surface area contributed by atoms with Crippen molar-refractivity contribution in [3.05, 3.63) is 18.0 Å². The molecular weight excluding hydrogens is 219 g/mol. The van der Waals surface area contributed by atoms with Gasteiger partial charge < -0.3 is 5.32 Å². The summed E-state index contributed by atoms with van der Waals surface area (Å²) < 4.78 is 38.7. The molecule has 0 amide bonds. The predicted molar refractivity (Wildman–Crippen MR) is 52.8 cm³/mol. The lowest BCUT2D eigenvalue weighted by atomic mass is 10.00. The smallest absolute Gasteiger partial charge is 0.316 e. The van der Waals surface area contributed by atoms with E-state index in [0.29, 0.717) is 6.54 Å². The molecule has 1 fully saturated rings. The molecule has 0 saturated carbocycles. The molecule has 16 heavy (non-hydrogen) atoms. The molecule has 1 aliphatic rings. The standard InChI is InChI=1S/C10H14F3N3/c11-10(12,13)9-3-5-15-16(9)7-8-2-1-4-14-6-8/h3,5,8,14H,1-2,4,6-7H2. The maximum Gasteiger partial charge on any atom is 0.433 e. The highest BCUT2D eigenvalue weighted by Crippen LogP contribution is 2.29. The number of piperidine rings is 1. The number of hydrogen-bond acceptors (Lipinski definition) is 2. The van der Waals surface area contributed by atoms with E-state index >= 15 is 0 Å². The maximum atomic E-state index is 12.6. The monoisotopic (exact) mass is 233 g/mol. The molecule has 1 N–H and O–H groups in total. The average molecular weight is 233 g/mol. The largest absolute Gasteiger partial charge is 0.433 e. The van der Waals surface area contributed by atoms with Gasteiger partial charge in [-0.15, -0.1) is 0 Å². The highest BCUT2D eigenvalue weighted by atomic mass is 19.4. The van der Waals surface area contributed by atoms with E-state index in [1.165, 1.54) is 6.20 Å². The van der Waals surface area contributed by atoms with Crippen LogP contribution in [0, 0.1) is 5.92 Å². The summed E-state index contributed by atoms with van der Waals surface area (Å²) in [7, 11) is 0. The van der Waals surface area contributed by atoms with Crippen molar-refractivity contribution in [3.63, 3.8) is 0 Å². The van der Waals surface area contributed by atoms with Gasteiger partial charge in [-0.25, -0.2) is 0 Å². The lowest BCUT2D eigenvalue weighted by Crippen LogP contribution is -2.33. The number of nitrogens with one attached hydrogen (secondary N) is 1. The molecule has 2 rings (SSSR count). The molecule has 2 heterocycles. The van der Waals surface area contributed by atoms with Gasteiger partial charge >= 0.3 is 6.18 Å². The van der Waals surface area contributed by atoms with Gasteiger partial charge in [-0.2, -0.15) is 18.3 Å². The Labute approximate surface area is 91.6 Å². The van der Waals surface area contributed by atoms with Crippen molar-refractivity contribution in [2.24, 2.45) is 5.92 Å². The zero-order chi connectivity index (χ0) is 11.6. The molecule has 0 bridgehead atoms. The van der Waals surface area contributed by atoms with E-state index in [-0.39, 0.29) is 5.92 Å². The van der Waals surface area contributed by atoms with Crippen LogP contribution in [0.25, 0.3) is 0 Å². The third kappa shape index (κ3) is 2.55. The van der Waals surface area contributed by atoms with E-state index in [4.69, 9.17) is 0 Å². The van der Waals surface area contributed by atoms with E-state index in [1.807, 2.05) is 0 Å². The summed E-state index contributed by atoms with van der Waals surface area (Å²) in [5.41, 5.74) is -0.655. The van der Waals surface area contributed by atoms with Crippen LogP contribution < -0.4 is 5.32 Å². The lowest BCUT2D eigenvalue weighted by molar-refractivity contribution is -0.144. The fourth-order valence-corrected chi connectivity index (χ4v) is 2.04. The van der Waals surface area contributed by atoms with Crippen LogP contribution >= 0.6 is 0 Å². The summed E-state index contributed by atoms with van der Waals surface area (Å²) in [6, 6.07) is 1.02. The van der Waals surface area contributed by atoms with Gasteiger partial charge in [-0.1, -0.05) is 0 Å². The third-order valence-corrected chi connectivity index (χ3v) is 2.84. The second-order valence-electron chi connectivity index (χ2n) is 4.11. The third-order valence-electron chi connectivity index (χ3n) is 2.84. The number of rotatable bonds is 2. The van der Waals surface area contributed by atoms with Crippen LogP contribution in [0.2, 0.25) is 0 Å². The van der Waals surface area contributed by atoms with E-state index < -0.39 is 11.9 Å². The first-order chi connectivity index (χ1) is 7.57. The summed E-state index contributed by atoms with van der Waals surface area (Å²) in [6.45, 7) is 2.08. The Morgan fingerprint density at radius 2 is 2.31 bits per heavy atom. The van der Waals surface area contributed by atoms with Gasteiger partial charge in [-0.3, -0.25) is 4.68 Å². The Bertz CT molecular complexity index is 339. The van der Waals surface area contributed by atoms with Gasteiger partial charge in [0, 0.05) is 12.7 Å². The van der Waals surface area contributed by atoms with Crippen molar-refractivity contribution >= 4 is 0 Å². The SMILES string of the molecule is FC(F)(F)c1ccnn1CC1CCCNC1. The Hall–Kier alpha value is -1.04. The van der Waals surface area contributed by atoms with E-state index in [2.05, 4.69) is 10.4 Å². The molecule has 3 nitrogen and oxygen atoms in total. The molecule has 1 aromatic rings. The molecule has 1 unspecified atom stereocenters. The van der Waals surface area contributed by atoms with Crippen LogP contribution in [0.4, 0.5) is 13.2 Å². The highest BCUT2D eigenvalue weighted by Gasteiger charge is 2.35. The van der Waals surface area contributed by atoms with Crippen molar-refractivity contribution in [2.75, 3.05) is 13.1 Å². The van der Waals surface area contributed by atoms with Gasteiger partial charge in [-0.05, 0) is 37.9 Å². The summed E-state index contributed by atoms with van der Waals surface area (Å²) in [4.78, 5) is 0. The second-order valence-corrected chi connectivity index (χ2v) is 4.11. The Kier molecular flexibility index (Phi) is 3.18. The zero-order valence-electron chi connectivity index (χ0n) is 8.80. The zero-order valence-corrected chi connectivity index (χ0v) is 8.80. The fourth-order valence-electron chi connectivity index (χ4n) is 2.04.